The van der Waals surface area contributed by atoms with Crippen molar-refractivity contribution in [2.45, 2.75) is 0 Å². The van der Waals surface area contributed by atoms with Crippen LogP contribution in [0.4, 0.5) is 5.13 Å². The summed E-state index contributed by atoms with van der Waals surface area (Å²) in [6.07, 6.45) is 3.28. The molecule has 100 valence electrons. The van der Waals surface area contributed by atoms with Gasteiger partial charge in [-0.3, -0.25) is 4.57 Å². The Morgan fingerprint density at radius 2 is 2.10 bits per heavy atom. The molecule has 0 aliphatic rings. The fraction of sp³-hybridized carbons (Fsp3) is 0. The average Bonchev–Trinajstić information content (AvgIpc) is 3.06. The van der Waals surface area contributed by atoms with Crippen molar-refractivity contribution in [3.05, 3.63) is 50.7 Å². The summed E-state index contributed by atoms with van der Waals surface area (Å²) in [5, 5.41) is 12.8. The zero-order valence-corrected chi connectivity index (χ0v) is 12.6. The van der Waals surface area contributed by atoms with Gasteiger partial charge in [-0.1, -0.05) is 29.5 Å². The molecular weight excluding hydrogens is 310 g/mol. The number of aromatic nitrogens is 2. The van der Waals surface area contributed by atoms with Gasteiger partial charge < -0.3 is 5.11 Å². The molecular formula is C13H9N3OS3. The molecule has 0 saturated carbocycles. The van der Waals surface area contributed by atoms with Gasteiger partial charge in [0.2, 0.25) is 11.0 Å². The van der Waals surface area contributed by atoms with Crippen LogP contribution in [-0.4, -0.2) is 20.9 Å². The van der Waals surface area contributed by atoms with E-state index in [0.717, 1.165) is 5.69 Å². The van der Waals surface area contributed by atoms with Crippen molar-refractivity contribution in [3.8, 4) is 11.6 Å². The van der Waals surface area contributed by atoms with Gasteiger partial charge in [-0.15, -0.1) is 11.3 Å². The fourth-order valence-corrected chi connectivity index (χ4v) is 3.36. The van der Waals surface area contributed by atoms with E-state index in [2.05, 4.69) is 9.98 Å². The van der Waals surface area contributed by atoms with Crippen LogP contribution in [0.3, 0.4) is 0 Å². The predicted octanol–water partition coefficient (Wildman–Crippen LogP) is 4.18. The van der Waals surface area contributed by atoms with Gasteiger partial charge in [-0.2, -0.15) is 0 Å². The van der Waals surface area contributed by atoms with Crippen LogP contribution in [0, 0.1) is 3.95 Å². The molecule has 20 heavy (non-hydrogen) atoms. The Bertz CT molecular complexity index is 788. The summed E-state index contributed by atoms with van der Waals surface area (Å²) in [5.74, 6) is 0.103. The van der Waals surface area contributed by atoms with Gasteiger partial charge in [0.05, 0.1) is 11.9 Å². The molecule has 0 amide bonds. The average molecular weight is 319 g/mol. The smallest absolute Gasteiger partial charge is 0.216 e. The number of hydrogen-bond donors (Lipinski definition) is 1. The maximum Gasteiger partial charge on any atom is 0.216 e. The molecule has 0 spiro atoms. The van der Waals surface area contributed by atoms with Crippen molar-refractivity contribution in [3.63, 3.8) is 0 Å². The van der Waals surface area contributed by atoms with Crippen molar-refractivity contribution in [1.29, 1.82) is 0 Å². The minimum atomic E-state index is 0.103. The van der Waals surface area contributed by atoms with E-state index >= 15 is 0 Å². The predicted molar refractivity (Wildman–Crippen MR) is 85.5 cm³/mol. The van der Waals surface area contributed by atoms with Crippen molar-refractivity contribution in [2.75, 3.05) is 0 Å². The number of aliphatic imine (C=N–C) groups is 1. The monoisotopic (exact) mass is 319 g/mol. The van der Waals surface area contributed by atoms with Gasteiger partial charge in [-0.05, 0) is 24.4 Å². The summed E-state index contributed by atoms with van der Waals surface area (Å²) in [5.41, 5.74) is 0.833. The van der Waals surface area contributed by atoms with Crippen LogP contribution < -0.4 is 0 Å². The van der Waals surface area contributed by atoms with E-state index in [4.69, 9.17) is 12.2 Å². The van der Waals surface area contributed by atoms with Gasteiger partial charge in [0.25, 0.3) is 0 Å². The summed E-state index contributed by atoms with van der Waals surface area (Å²) in [6, 6.07) is 9.50. The first kappa shape index (κ1) is 13.2. The summed E-state index contributed by atoms with van der Waals surface area (Å²) in [4.78, 5) is 8.90. The molecule has 3 rings (SSSR count). The molecule has 0 atom stereocenters. The van der Waals surface area contributed by atoms with Crippen LogP contribution in [0.5, 0.6) is 5.88 Å². The molecule has 0 unspecified atom stereocenters. The van der Waals surface area contributed by atoms with Crippen LogP contribution in [0.1, 0.15) is 4.88 Å². The molecule has 2 aromatic heterocycles. The Labute approximate surface area is 128 Å². The van der Waals surface area contributed by atoms with Crippen molar-refractivity contribution < 1.29 is 5.11 Å². The van der Waals surface area contributed by atoms with E-state index in [1.54, 1.807) is 17.0 Å². The van der Waals surface area contributed by atoms with Crippen molar-refractivity contribution in [1.82, 2.24) is 9.55 Å². The zero-order valence-electron chi connectivity index (χ0n) is 10.1. The third-order valence-corrected chi connectivity index (χ3v) is 4.52. The molecule has 3 aromatic rings. The lowest BCUT2D eigenvalue weighted by molar-refractivity contribution is 0.441. The largest absolute Gasteiger partial charge is 0.493 e. The Balaban J connectivity index is 2.01. The van der Waals surface area contributed by atoms with E-state index in [-0.39, 0.29) is 5.88 Å². The topological polar surface area (TPSA) is 50.4 Å². The first-order chi connectivity index (χ1) is 9.75. The van der Waals surface area contributed by atoms with Crippen molar-refractivity contribution >= 4 is 46.2 Å². The lowest BCUT2D eigenvalue weighted by Gasteiger charge is -2.03. The highest BCUT2D eigenvalue weighted by molar-refractivity contribution is 7.73. The molecule has 0 bridgehead atoms. The third-order valence-electron chi connectivity index (χ3n) is 2.54. The highest BCUT2D eigenvalue weighted by Gasteiger charge is 2.11. The zero-order chi connectivity index (χ0) is 13.9. The van der Waals surface area contributed by atoms with Crippen LogP contribution in [0.15, 0.2) is 46.9 Å². The first-order valence-corrected chi connectivity index (χ1v) is 7.80. The first-order valence-electron chi connectivity index (χ1n) is 5.69. The number of para-hydroxylation sites is 1. The van der Waals surface area contributed by atoms with Crippen LogP contribution in [0.2, 0.25) is 0 Å². The molecule has 2 heterocycles. The third kappa shape index (κ3) is 2.55. The number of thiazole rings is 2. The number of hydrogen-bond acceptors (Lipinski definition) is 6. The Morgan fingerprint density at radius 3 is 2.80 bits per heavy atom. The van der Waals surface area contributed by atoms with Crippen LogP contribution in [0.25, 0.3) is 5.69 Å². The second-order valence-corrected chi connectivity index (χ2v) is 6.35. The van der Waals surface area contributed by atoms with E-state index in [9.17, 15) is 5.11 Å². The van der Waals surface area contributed by atoms with Crippen LogP contribution in [-0.2, 0) is 0 Å². The summed E-state index contributed by atoms with van der Waals surface area (Å²) in [6.45, 7) is 0. The summed E-state index contributed by atoms with van der Waals surface area (Å²) < 4.78 is 2.21. The van der Waals surface area contributed by atoms with Crippen LogP contribution >= 0.6 is 34.9 Å². The van der Waals surface area contributed by atoms with Gasteiger partial charge in [0, 0.05) is 11.6 Å². The normalized spacial score (nSPS) is 11.2. The highest BCUT2D eigenvalue weighted by Crippen LogP contribution is 2.28. The van der Waals surface area contributed by atoms with E-state index in [1.807, 2.05) is 35.7 Å². The molecule has 0 aliphatic heterocycles. The number of nitrogens with zero attached hydrogens (tertiary/aromatic N) is 3. The number of benzene rings is 1. The molecule has 1 N–H and O–H groups in total. The molecule has 0 saturated heterocycles. The molecule has 0 aliphatic carbocycles. The standard InChI is InChI=1S/C13H9N3OS3/c17-11-10(8-15-12-14-6-7-19-12)20-13(18)16(11)9-4-2-1-3-5-9/h1-8,17H. The summed E-state index contributed by atoms with van der Waals surface area (Å²) >= 11 is 8.05. The second kappa shape index (κ2) is 5.66. The number of rotatable bonds is 3. The lowest BCUT2D eigenvalue weighted by atomic mass is 10.3. The molecule has 7 heteroatoms. The lowest BCUT2D eigenvalue weighted by Crippen LogP contribution is -1.92. The second-order valence-electron chi connectivity index (χ2n) is 3.80. The van der Waals surface area contributed by atoms with Gasteiger partial charge in [0.15, 0.2) is 3.95 Å². The molecule has 0 radical (unpaired) electrons. The minimum absolute atomic E-state index is 0.103. The maximum absolute atomic E-state index is 10.3. The Morgan fingerprint density at radius 1 is 1.30 bits per heavy atom. The van der Waals surface area contributed by atoms with E-state index in [1.165, 1.54) is 22.7 Å². The van der Waals surface area contributed by atoms with Gasteiger partial charge >= 0.3 is 0 Å². The quantitative estimate of drug-likeness (QED) is 0.582. The molecule has 4 nitrogen and oxygen atoms in total. The Hall–Kier alpha value is -1.83. The van der Waals surface area contributed by atoms with Crippen molar-refractivity contribution in [2.24, 2.45) is 4.99 Å². The van der Waals surface area contributed by atoms with E-state index < -0.39 is 0 Å². The molecule has 1 aromatic carbocycles. The SMILES string of the molecule is Oc1c(C=Nc2nccs2)sc(=S)n1-c1ccccc1. The fourth-order valence-electron chi connectivity index (χ4n) is 1.66. The maximum atomic E-state index is 10.3. The van der Waals surface area contributed by atoms with Gasteiger partial charge in [-0.25, -0.2) is 9.98 Å². The Kier molecular flexibility index (Phi) is 3.72. The minimum Gasteiger partial charge on any atom is -0.493 e. The molecule has 0 fully saturated rings. The van der Waals surface area contributed by atoms with E-state index in [0.29, 0.717) is 14.0 Å². The summed E-state index contributed by atoms with van der Waals surface area (Å²) in [7, 11) is 0. The number of aromatic hydroxyl groups is 1. The van der Waals surface area contributed by atoms with Gasteiger partial charge in [0.1, 0.15) is 4.88 Å². The highest BCUT2D eigenvalue weighted by atomic mass is 32.1.